The lowest BCUT2D eigenvalue weighted by atomic mass is 9.96. The number of nitrogens with zero attached hydrogens (tertiary/aromatic N) is 2. The predicted molar refractivity (Wildman–Crippen MR) is 105 cm³/mol. The molecule has 2 aromatic carbocycles. The first kappa shape index (κ1) is 19.2. The number of carbonyl (C=O) groups excluding carboxylic acids is 1. The number of aromatic nitrogens is 1. The molecule has 1 amide bonds. The molecule has 0 saturated carbocycles. The molecule has 1 aliphatic rings. The van der Waals surface area contributed by atoms with E-state index in [4.69, 9.17) is 0 Å². The van der Waals surface area contributed by atoms with E-state index in [1.165, 1.54) is 29.2 Å². The van der Waals surface area contributed by atoms with Crippen molar-refractivity contribution in [1.82, 2.24) is 9.88 Å². The van der Waals surface area contributed by atoms with E-state index in [0.717, 1.165) is 24.2 Å². The second kappa shape index (κ2) is 8.49. The average Bonchev–Trinajstić information content (AvgIpc) is 2.77. The second-order valence-corrected chi connectivity index (χ2v) is 7.20. The summed E-state index contributed by atoms with van der Waals surface area (Å²) >= 11 is 0. The van der Waals surface area contributed by atoms with Crippen LogP contribution in [0.15, 0.2) is 72.9 Å². The summed E-state index contributed by atoms with van der Waals surface area (Å²) < 4.78 is 26.9. The van der Waals surface area contributed by atoms with E-state index in [-0.39, 0.29) is 23.6 Å². The number of hydrogen-bond acceptors (Lipinski definition) is 2. The maximum atomic E-state index is 13.4. The van der Waals surface area contributed by atoms with Crippen LogP contribution in [0.3, 0.4) is 0 Å². The highest BCUT2D eigenvalue weighted by Crippen LogP contribution is 2.21. The van der Waals surface area contributed by atoms with Crippen molar-refractivity contribution in [2.24, 2.45) is 0 Å². The molecule has 0 bridgehead atoms. The van der Waals surface area contributed by atoms with Gasteiger partial charge in [-0.2, -0.15) is 0 Å². The minimum absolute atomic E-state index is 0.0525. The van der Waals surface area contributed by atoms with Crippen LogP contribution in [-0.2, 0) is 0 Å². The molecule has 148 valence electrons. The van der Waals surface area contributed by atoms with Crippen molar-refractivity contribution in [2.75, 3.05) is 26.2 Å². The number of halogens is 2. The van der Waals surface area contributed by atoms with Gasteiger partial charge in [0, 0.05) is 17.3 Å². The monoisotopic (exact) mass is 394 g/mol. The summed E-state index contributed by atoms with van der Waals surface area (Å²) in [7, 11) is 0. The zero-order valence-corrected chi connectivity index (χ0v) is 15.9. The number of pyridine rings is 1. The van der Waals surface area contributed by atoms with Crippen molar-refractivity contribution in [3.05, 3.63) is 101 Å². The lowest BCUT2D eigenvalue weighted by Gasteiger charge is -2.37. The van der Waals surface area contributed by atoms with Crippen LogP contribution in [0.25, 0.3) is 0 Å². The van der Waals surface area contributed by atoms with Gasteiger partial charge in [-0.3, -0.25) is 9.78 Å². The zero-order valence-electron chi connectivity index (χ0n) is 15.9. The predicted octanol–water partition coefficient (Wildman–Crippen LogP) is 2.49. The molecule has 3 aromatic rings. The molecular weight excluding hydrogens is 372 g/mol. The fraction of sp³-hybridized carbons (Fsp3) is 0.217. The molecule has 1 aliphatic heterocycles. The number of rotatable bonds is 4. The molecule has 0 radical (unpaired) electrons. The molecule has 1 N–H and O–H groups in total. The maximum absolute atomic E-state index is 13.4. The van der Waals surface area contributed by atoms with Crippen LogP contribution >= 0.6 is 0 Å². The Hall–Kier alpha value is -3.12. The van der Waals surface area contributed by atoms with Gasteiger partial charge >= 0.3 is 0 Å². The Morgan fingerprint density at radius 1 is 0.862 bits per heavy atom. The minimum atomic E-state index is -0.285. The third-order valence-corrected chi connectivity index (χ3v) is 5.39. The lowest BCUT2D eigenvalue weighted by molar-refractivity contribution is -0.929. The molecular formula is C23H22F2N3O+. The summed E-state index contributed by atoms with van der Waals surface area (Å²) in [5.41, 5.74) is 2.39. The van der Waals surface area contributed by atoms with Crippen molar-refractivity contribution >= 4 is 5.91 Å². The summed E-state index contributed by atoms with van der Waals surface area (Å²) in [6.07, 6.45) is 1.62. The van der Waals surface area contributed by atoms with E-state index in [1.807, 2.05) is 4.90 Å². The third kappa shape index (κ3) is 4.32. The summed E-state index contributed by atoms with van der Waals surface area (Å²) in [6.45, 7) is 2.67. The zero-order chi connectivity index (χ0) is 20.2. The SMILES string of the molecule is O=C(c1ccccn1)N1CC[NH+](C(c2ccc(F)cc2)c2ccc(F)cc2)CC1. The van der Waals surface area contributed by atoms with E-state index in [1.54, 1.807) is 48.7 Å². The Morgan fingerprint density at radius 3 is 1.90 bits per heavy atom. The van der Waals surface area contributed by atoms with Gasteiger partial charge in [-0.25, -0.2) is 8.78 Å². The van der Waals surface area contributed by atoms with E-state index in [2.05, 4.69) is 4.98 Å². The highest BCUT2D eigenvalue weighted by Gasteiger charge is 2.32. The van der Waals surface area contributed by atoms with E-state index >= 15 is 0 Å². The van der Waals surface area contributed by atoms with Crippen molar-refractivity contribution in [2.45, 2.75) is 6.04 Å². The van der Waals surface area contributed by atoms with Crippen LogP contribution in [0.4, 0.5) is 8.78 Å². The quantitative estimate of drug-likeness (QED) is 0.738. The molecule has 4 nitrogen and oxygen atoms in total. The molecule has 0 spiro atoms. The number of piperazine rings is 1. The van der Waals surface area contributed by atoms with Crippen molar-refractivity contribution in [3.8, 4) is 0 Å². The van der Waals surface area contributed by atoms with Crippen LogP contribution in [0.1, 0.15) is 27.7 Å². The normalized spacial score (nSPS) is 14.9. The largest absolute Gasteiger partial charge is 0.326 e. The number of nitrogens with one attached hydrogen (secondary N) is 1. The molecule has 4 rings (SSSR count). The molecule has 6 heteroatoms. The number of carbonyl (C=O) groups is 1. The summed E-state index contributed by atoms with van der Waals surface area (Å²) in [5, 5.41) is 0. The lowest BCUT2D eigenvalue weighted by Crippen LogP contribution is -3.15. The number of benzene rings is 2. The number of hydrogen-bond donors (Lipinski definition) is 1. The van der Waals surface area contributed by atoms with Gasteiger partial charge in [0.1, 0.15) is 23.4 Å². The molecule has 0 unspecified atom stereocenters. The molecule has 1 saturated heterocycles. The molecule has 29 heavy (non-hydrogen) atoms. The fourth-order valence-corrected chi connectivity index (χ4v) is 3.91. The van der Waals surface area contributed by atoms with Crippen LogP contribution < -0.4 is 4.90 Å². The molecule has 0 atom stereocenters. The standard InChI is InChI=1S/C23H21F2N3O/c24-19-8-4-17(5-9-19)22(18-6-10-20(25)11-7-18)27-13-15-28(16-14-27)23(29)21-3-1-2-12-26-21/h1-12,22H,13-16H2/p+1. The van der Waals surface area contributed by atoms with Gasteiger partial charge in [0.25, 0.3) is 5.91 Å². The van der Waals surface area contributed by atoms with Crippen LogP contribution in [0.5, 0.6) is 0 Å². The second-order valence-electron chi connectivity index (χ2n) is 7.20. The fourth-order valence-electron chi connectivity index (χ4n) is 3.91. The van der Waals surface area contributed by atoms with Gasteiger partial charge in [0.05, 0.1) is 26.2 Å². The number of amides is 1. The Kier molecular flexibility index (Phi) is 5.62. The molecule has 2 heterocycles. The van der Waals surface area contributed by atoms with E-state index in [0.29, 0.717) is 18.8 Å². The van der Waals surface area contributed by atoms with Gasteiger partial charge in [0.15, 0.2) is 0 Å². The Morgan fingerprint density at radius 2 is 1.41 bits per heavy atom. The van der Waals surface area contributed by atoms with Gasteiger partial charge in [-0.1, -0.05) is 6.07 Å². The van der Waals surface area contributed by atoms with Crippen molar-refractivity contribution < 1.29 is 18.5 Å². The topological polar surface area (TPSA) is 37.6 Å². The Balaban J connectivity index is 1.54. The number of quaternary nitrogens is 1. The Labute approximate surface area is 168 Å². The van der Waals surface area contributed by atoms with Crippen LogP contribution in [0, 0.1) is 11.6 Å². The van der Waals surface area contributed by atoms with Crippen molar-refractivity contribution in [1.29, 1.82) is 0 Å². The highest BCUT2D eigenvalue weighted by molar-refractivity contribution is 5.92. The van der Waals surface area contributed by atoms with Crippen molar-refractivity contribution in [3.63, 3.8) is 0 Å². The van der Waals surface area contributed by atoms with Crippen LogP contribution in [0.2, 0.25) is 0 Å². The van der Waals surface area contributed by atoms with Crippen LogP contribution in [-0.4, -0.2) is 42.0 Å². The van der Waals surface area contributed by atoms with Gasteiger partial charge in [-0.15, -0.1) is 0 Å². The highest BCUT2D eigenvalue weighted by atomic mass is 19.1. The van der Waals surface area contributed by atoms with Gasteiger partial charge < -0.3 is 9.80 Å². The molecule has 0 aliphatic carbocycles. The summed E-state index contributed by atoms with van der Waals surface area (Å²) in [4.78, 5) is 19.9. The average molecular weight is 394 g/mol. The van der Waals surface area contributed by atoms with Gasteiger partial charge in [-0.05, 0) is 60.7 Å². The minimum Gasteiger partial charge on any atom is -0.326 e. The first-order valence-corrected chi connectivity index (χ1v) is 9.67. The first-order chi connectivity index (χ1) is 14.1. The van der Waals surface area contributed by atoms with Gasteiger partial charge in [0.2, 0.25) is 0 Å². The first-order valence-electron chi connectivity index (χ1n) is 9.67. The van der Waals surface area contributed by atoms with E-state index in [9.17, 15) is 13.6 Å². The maximum Gasteiger partial charge on any atom is 0.272 e. The third-order valence-electron chi connectivity index (χ3n) is 5.39. The van der Waals surface area contributed by atoms with E-state index < -0.39 is 0 Å². The summed E-state index contributed by atoms with van der Waals surface area (Å²) in [5.74, 6) is -0.635. The molecule has 1 aromatic heterocycles. The Bertz CT molecular complexity index is 908. The molecule has 1 fully saturated rings. The summed E-state index contributed by atoms with van der Waals surface area (Å²) in [6, 6.07) is 18.2. The smallest absolute Gasteiger partial charge is 0.272 e.